The predicted octanol–water partition coefficient (Wildman–Crippen LogP) is 5.39. The van der Waals surface area contributed by atoms with Crippen LogP contribution in [0.2, 0.25) is 0 Å². The molecule has 3 heterocycles. The Balaban J connectivity index is 1.23. The number of hydrogen-bond acceptors (Lipinski definition) is 6. The third kappa shape index (κ3) is 5.67. The molecule has 41 heavy (non-hydrogen) atoms. The van der Waals surface area contributed by atoms with Crippen molar-refractivity contribution in [3.8, 4) is 0 Å². The smallest absolute Gasteiger partial charge is 0.337 e. The first kappa shape index (κ1) is 27.6. The van der Waals surface area contributed by atoms with Crippen LogP contribution < -0.4 is 10.9 Å². The van der Waals surface area contributed by atoms with Crippen molar-refractivity contribution in [3.05, 3.63) is 75.7 Å². The molecule has 1 amide bonds. The average Bonchev–Trinajstić information content (AvgIpc) is 3.23. The molecule has 216 valence electrons. The molecule has 6 rings (SSSR count). The van der Waals surface area contributed by atoms with Gasteiger partial charge in [-0.2, -0.15) is 0 Å². The molecule has 2 saturated heterocycles. The lowest BCUT2D eigenvalue weighted by Crippen LogP contribution is -2.50. The van der Waals surface area contributed by atoms with Crippen molar-refractivity contribution in [3.63, 3.8) is 0 Å². The van der Waals surface area contributed by atoms with Crippen LogP contribution >= 0.6 is 0 Å². The van der Waals surface area contributed by atoms with Crippen LogP contribution in [0.3, 0.4) is 0 Å². The molecule has 2 unspecified atom stereocenters. The molecule has 1 N–H and O–H groups in total. The summed E-state index contributed by atoms with van der Waals surface area (Å²) in [7, 11) is 1.34. The first-order valence-corrected chi connectivity index (χ1v) is 15.3. The number of para-hydroxylation sites is 2. The fourth-order valence-corrected chi connectivity index (χ4v) is 7.53. The maximum absolute atomic E-state index is 14.0. The number of ether oxygens (including phenoxy) is 1. The summed E-state index contributed by atoms with van der Waals surface area (Å²) < 4.78 is 6.63. The van der Waals surface area contributed by atoms with Gasteiger partial charge in [-0.3, -0.25) is 14.5 Å². The van der Waals surface area contributed by atoms with Gasteiger partial charge in [0.15, 0.2) is 5.69 Å². The molecule has 3 fully saturated rings. The summed E-state index contributed by atoms with van der Waals surface area (Å²) in [4.78, 5) is 46.4. The molecule has 8 nitrogen and oxygen atoms in total. The van der Waals surface area contributed by atoms with Crippen LogP contribution in [-0.2, 0) is 11.3 Å². The monoisotopic (exact) mass is 556 g/mol. The van der Waals surface area contributed by atoms with Gasteiger partial charge in [0.05, 0.1) is 23.7 Å². The molecule has 1 saturated carbocycles. The first-order chi connectivity index (χ1) is 20.0. The second-order valence-corrected chi connectivity index (χ2v) is 12.0. The zero-order valence-corrected chi connectivity index (χ0v) is 23.9. The van der Waals surface area contributed by atoms with E-state index in [0.29, 0.717) is 29.2 Å². The number of hydrogen-bond donors (Lipinski definition) is 1. The van der Waals surface area contributed by atoms with Crippen LogP contribution in [0.25, 0.3) is 11.0 Å². The topological polar surface area (TPSA) is 93.5 Å². The Morgan fingerprint density at radius 2 is 1.51 bits per heavy atom. The second kappa shape index (κ2) is 12.1. The lowest BCUT2D eigenvalue weighted by Gasteiger charge is -2.45. The highest BCUT2D eigenvalue weighted by atomic mass is 16.5. The van der Waals surface area contributed by atoms with Crippen LogP contribution in [0.1, 0.15) is 103 Å². The van der Waals surface area contributed by atoms with E-state index in [1.807, 2.05) is 28.8 Å². The first-order valence-electron chi connectivity index (χ1n) is 15.3. The van der Waals surface area contributed by atoms with E-state index in [9.17, 15) is 14.4 Å². The van der Waals surface area contributed by atoms with Gasteiger partial charge in [-0.1, -0.05) is 56.4 Å². The Labute approximate surface area is 241 Å². The summed E-state index contributed by atoms with van der Waals surface area (Å²) in [5, 5.41) is 2.87. The van der Waals surface area contributed by atoms with Gasteiger partial charge in [-0.15, -0.1) is 0 Å². The third-order valence-corrected chi connectivity index (χ3v) is 9.46. The summed E-state index contributed by atoms with van der Waals surface area (Å²) in [6.07, 6.45) is 13.6. The molecular formula is C33H40N4O4. The van der Waals surface area contributed by atoms with E-state index in [4.69, 9.17) is 4.74 Å². The van der Waals surface area contributed by atoms with Crippen LogP contribution in [0.15, 0.2) is 53.3 Å². The normalized spacial score (nSPS) is 23.6. The van der Waals surface area contributed by atoms with Gasteiger partial charge in [-0.25, -0.2) is 9.78 Å². The van der Waals surface area contributed by atoms with Crippen molar-refractivity contribution in [2.24, 2.45) is 0 Å². The maximum Gasteiger partial charge on any atom is 0.337 e. The van der Waals surface area contributed by atoms with Crippen LogP contribution in [-0.4, -0.2) is 51.6 Å². The van der Waals surface area contributed by atoms with Gasteiger partial charge >= 0.3 is 5.97 Å². The molecule has 0 radical (unpaired) electrons. The number of piperidine rings is 1. The molecule has 0 spiro atoms. The molecule has 3 aliphatic rings. The lowest BCUT2D eigenvalue weighted by atomic mass is 9.89. The van der Waals surface area contributed by atoms with Gasteiger partial charge in [0.25, 0.3) is 11.5 Å². The average molecular weight is 557 g/mol. The van der Waals surface area contributed by atoms with E-state index < -0.39 is 11.9 Å². The molecule has 1 aliphatic carbocycles. The number of rotatable bonds is 6. The minimum atomic E-state index is -0.485. The van der Waals surface area contributed by atoms with Gasteiger partial charge < -0.3 is 14.6 Å². The van der Waals surface area contributed by atoms with E-state index in [1.165, 1.54) is 64.9 Å². The van der Waals surface area contributed by atoms with Crippen molar-refractivity contribution < 1.29 is 14.3 Å². The molecule has 2 aliphatic heterocycles. The molecule has 2 aromatic carbocycles. The van der Waals surface area contributed by atoms with Gasteiger partial charge in [0, 0.05) is 30.7 Å². The van der Waals surface area contributed by atoms with E-state index in [1.54, 1.807) is 24.3 Å². The zero-order chi connectivity index (χ0) is 28.3. The number of carbonyl (C=O) groups excluding carboxylic acids is 2. The number of nitrogens with one attached hydrogen (secondary N) is 1. The fraction of sp³-hybridized carbons (Fsp3) is 0.515. The van der Waals surface area contributed by atoms with Crippen molar-refractivity contribution in [1.29, 1.82) is 0 Å². The summed E-state index contributed by atoms with van der Waals surface area (Å²) in [6, 6.07) is 16.2. The van der Waals surface area contributed by atoms with Gasteiger partial charge in [-0.05, 0) is 68.4 Å². The fourth-order valence-electron chi connectivity index (χ4n) is 7.53. The largest absolute Gasteiger partial charge is 0.465 e. The van der Waals surface area contributed by atoms with E-state index in [0.717, 1.165) is 23.9 Å². The molecule has 1 aromatic heterocycles. The van der Waals surface area contributed by atoms with Crippen molar-refractivity contribution in [2.75, 3.05) is 7.11 Å². The number of aromatic nitrogens is 2. The van der Waals surface area contributed by atoms with Crippen molar-refractivity contribution in [1.82, 2.24) is 19.8 Å². The van der Waals surface area contributed by atoms with Crippen LogP contribution in [0.5, 0.6) is 0 Å². The van der Waals surface area contributed by atoms with Gasteiger partial charge in [0.1, 0.15) is 0 Å². The summed E-state index contributed by atoms with van der Waals surface area (Å²) in [5.41, 5.74) is 2.34. The zero-order valence-electron chi connectivity index (χ0n) is 23.9. The highest BCUT2D eigenvalue weighted by Crippen LogP contribution is 2.44. The van der Waals surface area contributed by atoms with Crippen molar-refractivity contribution in [2.45, 2.75) is 101 Å². The minimum Gasteiger partial charge on any atom is -0.465 e. The number of methoxy groups -OCH3 is 1. The minimum absolute atomic E-state index is 0.0510. The SMILES string of the molecule is COC(=O)c1ccc(CNC(=O)c2nc3ccccc3n(C3CC4CCC(C3)N4C3CCCCCCC3)c2=O)cc1. The quantitative estimate of drug-likeness (QED) is 0.409. The van der Waals surface area contributed by atoms with Gasteiger partial charge in [0.2, 0.25) is 0 Å². The maximum atomic E-state index is 14.0. The predicted molar refractivity (Wildman–Crippen MR) is 158 cm³/mol. The number of fused-ring (bicyclic) bond motifs is 3. The Morgan fingerprint density at radius 1 is 0.854 bits per heavy atom. The van der Waals surface area contributed by atoms with E-state index in [-0.39, 0.29) is 23.8 Å². The third-order valence-electron chi connectivity index (χ3n) is 9.46. The van der Waals surface area contributed by atoms with Crippen molar-refractivity contribution >= 4 is 22.9 Å². The highest BCUT2D eigenvalue weighted by molar-refractivity contribution is 5.94. The number of nitrogens with zero attached hydrogens (tertiary/aromatic N) is 3. The van der Waals surface area contributed by atoms with E-state index >= 15 is 0 Å². The molecule has 2 atom stereocenters. The molecule has 2 bridgehead atoms. The Kier molecular flexibility index (Phi) is 8.19. The summed E-state index contributed by atoms with van der Waals surface area (Å²) >= 11 is 0. The van der Waals surface area contributed by atoms with Crippen LogP contribution in [0.4, 0.5) is 0 Å². The number of amides is 1. The molecule has 3 aromatic rings. The highest BCUT2D eigenvalue weighted by Gasteiger charge is 2.44. The molecule has 8 heteroatoms. The number of esters is 1. The Bertz CT molecular complexity index is 1440. The standard InChI is InChI=1S/C33H40N4O4/c1-41-33(40)23-15-13-22(14-16-23)21-34-31(38)30-32(39)37(29-12-8-7-11-28(29)35-30)27-19-25-17-18-26(20-27)36(25)24-9-5-3-2-4-6-10-24/h7-8,11-16,24-27H,2-6,9-10,17-21H2,1H3,(H,34,38). The second-order valence-electron chi connectivity index (χ2n) is 12.0. The van der Waals surface area contributed by atoms with Crippen LogP contribution in [0, 0.1) is 0 Å². The lowest BCUT2D eigenvalue weighted by molar-refractivity contribution is 0.0496. The van der Waals surface area contributed by atoms with E-state index in [2.05, 4.69) is 15.2 Å². The summed E-state index contributed by atoms with van der Waals surface area (Å²) in [5.74, 6) is -0.896. The Hall–Kier alpha value is -3.52. The Morgan fingerprint density at radius 3 is 2.20 bits per heavy atom. The molecular weight excluding hydrogens is 516 g/mol. The number of benzene rings is 2. The number of carbonyl (C=O) groups is 2. The summed E-state index contributed by atoms with van der Waals surface area (Å²) in [6.45, 7) is 0.220.